The molecule has 0 aliphatic heterocycles. The van der Waals surface area contributed by atoms with Gasteiger partial charge in [-0.3, -0.25) is 4.79 Å². The number of carbonyl (C=O) groups is 1. The van der Waals surface area contributed by atoms with Crippen molar-refractivity contribution in [2.75, 3.05) is 17.2 Å². The summed E-state index contributed by atoms with van der Waals surface area (Å²) in [5.41, 5.74) is 1.52. The fourth-order valence-corrected chi connectivity index (χ4v) is 2.77. The fourth-order valence-electron chi connectivity index (χ4n) is 2.77. The second-order valence-corrected chi connectivity index (χ2v) is 6.80. The highest BCUT2D eigenvalue weighted by Crippen LogP contribution is 2.29. The van der Waals surface area contributed by atoms with E-state index in [9.17, 15) is 4.79 Å². The zero-order chi connectivity index (χ0) is 20.5. The van der Waals surface area contributed by atoms with E-state index in [0.29, 0.717) is 24.4 Å². The summed E-state index contributed by atoms with van der Waals surface area (Å²) in [6, 6.07) is 24.6. The van der Waals surface area contributed by atoms with Crippen LogP contribution in [0.2, 0.25) is 0 Å². The summed E-state index contributed by atoms with van der Waals surface area (Å²) in [6.07, 6.45) is 0.401. The van der Waals surface area contributed by atoms with Crippen LogP contribution in [0.5, 0.6) is 17.2 Å². The standard InChI is InChI=1S/C24H26N2O3/c1-18(2)28-22-14-8-6-12-20(22)25-17-16-24(27)26-21-13-7-9-15-23(21)29-19-10-4-3-5-11-19/h3-15,18,25H,16-17H2,1-2H3,(H,26,27). The number of anilines is 2. The van der Waals surface area contributed by atoms with Gasteiger partial charge in [-0.05, 0) is 50.2 Å². The highest BCUT2D eigenvalue weighted by atomic mass is 16.5. The Balaban J connectivity index is 1.56. The highest BCUT2D eigenvalue weighted by Gasteiger charge is 2.09. The van der Waals surface area contributed by atoms with Gasteiger partial charge in [-0.25, -0.2) is 0 Å². The van der Waals surface area contributed by atoms with E-state index >= 15 is 0 Å². The fraction of sp³-hybridized carbons (Fsp3) is 0.208. The highest BCUT2D eigenvalue weighted by molar-refractivity contribution is 5.92. The van der Waals surface area contributed by atoms with Gasteiger partial charge in [0.15, 0.2) is 5.75 Å². The number of hydrogen-bond acceptors (Lipinski definition) is 4. The largest absolute Gasteiger partial charge is 0.489 e. The third-order valence-electron chi connectivity index (χ3n) is 4.05. The first-order chi connectivity index (χ1) is 14.1. The molecule has 3 rings (SSSR count). The van der Waals surface area contributed by atoms with Gasteiger partial charge >= 0.3 is 0 Å². The quantitative estimate of drug-likeness (QED) is 0.491. The van der Waals surface area contributed by atoms with Gasteiger partial charge in [0.2, 0.25) is 5.91 Å². The normalized spacial score (nSPS) is 10.4. The number of rotatable bonds is 9. The minimum Gasteiger partial charge on any atom is -0.489 e. The molecule has 0 heterocycles. The Bertz CT molecular complexity index is 926. The Morgan fingerprint density at radius 3 is 2.17 bits per heavy atom. The zero-order valence-electron chi connectivity index (χ0n) is 16.7. The Morgan fingerprint density at radius 1 is 0.828 bits per heavy atom. The molecule has 29 heavy (non-hydrogen) atoms. The molecule has 0 spiro atoms. The first-order valence-electron chi connectivity index (χ1n) is 9.73. The second kappa shape index (κ2) is 10.2. The molecule has 5 nitrogen and oxygen atoms in total. The summed E-state index contributed by atoms with van der Waals surface area (Å²) < 4.78 is 11.7. The van der Waals surface area contributed by atoms with E-state index in [1.807, 2.05) is 92.7 Å². The van der Waals surface area contributed by atoms with Crippen molar-refractivity contribution >= 4 is 17.3 Å². The molecule has 0 saturated carbocycles. The lowest BCUT2D eigenvalue weighted by atomic mass is 10.2. The van der Waals surface area contributed by atoms with Crippen molar-refractivity contribution in [1.82, 2.24) is 0 Å². The molecule has 1 amide bonds. The van der Waals surface area contributed by atoms with Gasteiger partial charge in [0, 0.05) is 13.0 Å². The molecule has 0 aliphatic rings. The van der Waals surface area contributed by atoms with Crippen molar-refractivity contribution in [1.29, 1.82) is 0 Å². The molecule has 0 aliphatic carbocycles. The average molecular weight is 390 g/mol. The van der Waals surface area contributed by atoms with Crippen LogP contribution in [0.3, 0.4) is 0 Å². The lowest BCUT2D eigenvalue weighted by molar-refractivity contribution is -0.116. The van der Waals surface area contributed by atoms with Crippen LogP contribution in [0.4, 0.5) is 11.4 Å². The monoisotopic (exact) mass is 390 g/mol. The molecule has 0 radical (unpaired) electrons. The maximum Gasteiger partial charge on any atom is 0.226 e. The van der Waals surface area contributed by atoms with E-state index in [1.165, 1.54) is 0 Å². The first-order valence-corrected chi connectivity index (χ1v) is 9.73. The van der Waals surface area contributed by atoms with Crippen molar-refractivity contribution in [3.8, 4) is 17.2 Å². The Labute approximate surface area is 171 Å². The van der Waals surface area contributed by atoms with Crippen LogP contribution in [0.1, 0.15) is 20.3 Å². The van der Waals surface area contributed by atoms with E-state index in [-0.39, 0.29) is 12.0 Å². The van der Waals surface area contributed by atoms with Crippen LogP contribution < -0.4 is 20.1 Å². The lowest BCUT2D eigenvalue weighted by Gasteiger charge is -2.15. The van der Waals surface area contributed by atoms with Crippen LogP contribution in [0.25, 0.3) is 0 Å². The van der Waals surface area contributed by atoms with Gasteiger partial charge in [0.1, 0.15) is 11.5 Å². The van der Waals surface area contributed by atoms with Crippen LogP contribution >= 0.6 is 0 Å². The number of benzene rings is 3. The molecule has 5 heteroatoms. The number of carbonyl (C=O) groups excluding carboxylic acids is 1. The molecule has 0 bridgehead atoms. The van der Waals surface area contributed by atoms with Gasteiger partial charge in [-0.2, -0.15) is 0 Å². The van der Waals surface area contributed by atoms with E-state index in [1.54, 1.807) is 0 Å². The Hall–Kier alpha value is -3.47. The summed E-state index contributed by atoms with van der Waals surface area (Å²) in [7, 11) is 0. The third kappa shape index (κ3) is 6.28. The van der Waals surface area contributed by atoms with Crippen LogP contribution in [0, 0.1) is 0 Å². The molecule has 0 aromatic heterocycles. The Morgan fingerprint density at radius 2 is 1.45 bits per heavy atom. The van der Waals surface area contributed by atoms with E-state index in [0.717, 1.165) is 17.2 Å². The molecular formula is C24H26N2O3. The van der Waals surface area contributed by atoms with Crippen molar-refractivity contribution in [3.05, 3.63) is 78.9 Å². The molecule has 3 aromatic rings. The minimum absolute atomic E-state index is 0.0855. The zero-order valence-corrected chi connectivity index (χ0v) is 16.7. The first kappa shape index (κ1) is 20.3. The summed E-state index contributed by atoms with van der Waals surface area (Å²) in [4.78, 5) is 12.4. The summed E-state index contributed by atoms with van der Waals surface area (Å²) in [5, 5.41) is 6.20. The maximum atomic E-state index is 12.4. The van der Waals surface area contributed by atoms with Crippen molar-refractivity contribution in [3.63, 3.8) is 0 Å². The minimum atomic E-state index is -0.0936. The average Bonchev–Trinajstić information content (AvgIpc) is 2.71. The smallest absolute Gasteiger partial charge is 0.226 e. The van der Waals surface area contributed by atoms with Crippen molar-refractivity contribution in [2.45, 2.75) is 26.4 Å². The lowest BCUT2D eigenvalue weighted by Crippen LogP contribution is -2.17. The maximum absolute atomic E-state index is 12.4. The summed E-state index contributed by atoms with van der Waals surface area (Å²) in [6.45, 7) is 4.46. The topological polar surface area (TPSA) is 59.6 Å². The predicted octanol–water partition coefficient (Wildman–Crippen LogP) is 5.71. The van der Waals surface area contributed by atoms with Crippen molar-refractivity contribution in [2.24, 2.45) is 0 Å². The molecule has 150 valence electrons. The SMILES string of the molecule is CC(C)Oc1ccccc1NCCC(=O)Nc1ccccc1Oc1ccccc1. The van der Waals surface area contributed by atoms with Crippen LogP contribution in [0.15, 0.2) is 78.9 Å². The summed E-state index contributed by atoms with van der Waals surface area (Å²) >= 11 is 0. The molecule has 3 aromatic carbocycles. The van der Waals surface area contributed by atoms with Gasteiger partial charge in [0.25, 0.3) is 0 Å². The van der Waals surface area contributed by atoms with E-state index in [4.69, 9.17) is 9.47 Å². The van der Waals surface area contributed by atoms with E-state index in [2.05, 4.69) is 10.6 Å². The van der Waals surface area contributed by atoms with Gasteiger partial charge in [0.05, 0.1) is 17.5 Å². The van der Waals surface area contributed by atoms with Crippen LogP contribution in [-0.4, -0.2) is 18.6 Å². The van der Waals surface area contributed by atoms with Gasteiger partial charge in [-0.1, -0.05) is 42.5 Å². The second-order valence-electron chi connectivity index (χ2n) is 6.80. The molecule has 0 unspecified atom stereocenters. The molecule has 2 N–H and O–H groups in total. The third-order valence-corrected chi connectivity index (χ3v) is 4.05. The van der Waals surface area contributed by atoms with Gasteiger partial charge in [-0.15, -0.1) is 0 Å². The number of amides is 1. The number of nitrogens with one attached hydrogen (secondary N) is 2. The number of para-hydroxylation sites is 5. The number of hydrogen-bond donors (Lipinski definition) is 2. The van der Waals surface area contributed by atoms with E-state index < -0.39 is 0 Å². The number of ether oxygens (including phenoxy) is 2. The predicted molar refractivity (Wildman–Crippen MR) is 117 cm³/mol. The summed E-state index contributed by atoms with van der Waals surface area (Å²) in [5.74, 6) is 2.02. The van der Waals surface area contributed by atoms with Gasteiger partial charge < -0.3 is 20.1 Å². The molecule has 0 fully saturated rings. The molecule has 0 saturated heterocycles. The van der Waals surface area contributed by atoms with Crippen LogP contribution in [-0.2, 0) is 4.79 Å². The molecule has 0 atom stereocenters. The molecular weight excluding hydrogens is 364 g/mol. The van der Waals surface area contributed by atoms with Crippen molar-refractivity contribution < 1.29 is 14.3 Å². The Kier molecular flexibility index (Phi) is 7.11.